The Morgan fingerprint density at radius 2 is 1.93 bits per heavy atom. The minimum absolute atomic E-state index is 0.0481. The Morgan fingerprint density at radius 3 is 2.78 bits per heavy atom. The Hall–Kier alpha value is -3.06. The molecule has 0 fully saturated rings. The first-order chi connectivity index (χ1) is 13.1. The molecule has 0 unspecified atom stereocenters. The van der Waals surface area contributed by atoms with Crippen LogP contribution >= 0.6 is 11.6 Å². The molecule has 27 heavy (non-hydrogen) atoms. The Morgan fingerprint density at radius 1 is 1.07 bits per heavy atom. The van der Waals surface area contributed by atoms with Crippen LogP contribution in [0.2, 0.25) is 5.02 Å². The number of aromatic nitrogens is 2. The third-order valence-corrected chi connectivity index (χ3v) is 4.22. The zero-order valence-electron chi connectivity index (χ0n) is 14.4. The molecule has 4 rings (SSSR count). The maximum atomic E-state index is 13.3. The highest BCUT2D eigenvalue weighted by Gasteiger charge is 2.13. The Labute approximate surface area is 160 Å². The number of nitrogens with zero attached hydrogens (tertiary/aromatic N) is 2. The molecule has 0 spiro atoms. The molecule has 0 aliphatic carbocycles. The first-order valence-corrected chi connectivity index (χ1v) is 8.65. The number of anilines is 3. The molecule has 2 aromatic carbocycles. The predicted molar refractivity (Wildman–Crippen MR) is 101 cm³/mol. The number of ether oxygens (including phenoxy) is 2. The van der Waals surface area contributed by atoms with Crippen molar-refractivity contribution in [2.75, 3.05) is 17.4 Å². The van der Waals surface area contributed by atoms with Crippen molar-refractivity contribution in [3.8, 4) is 11.5 Å². The number of aryl methyl sites for hydroxylation is 1. The van der Waals surface area contributed by atoms with E-state index in [-0.39, 0.29) is 11.8 Å². The number of hydrogen-bond donors (Lipinski definition) is 2. The van der Waals surface area contributed by atoms with Gasteiger partial charge in [0.1, 0.15) is 11.6 Å². The topological polar surface area (TPSA) is 68.3 Å². The number of rotatable bonds is 5. The van der Waals surface area contributed by atoms with Crippen molar-refractivity contribution in [2.24, 2.45) is 0 Å². The second-order valence-corrected chi connectivity index (χ2v) is 6.42. The highest BCUT2D eigenvalue weighted by atomic mass is 35.5. The number of benzene rings is 2. The number of halogens is 2. The van der Waals surface area contributed by atoms with E-state index < -0.39 is 5.82 Å². The molecular weight excluding hydrogens is 371 g/mol. The van der Waals surface area contributed by atoms with Crippen LogP contribution in [0.25, 0.3) is 0 Å². The molecule has 138 valence electrons. The second-order valence-electron chi connectivity index (χ2n) is 6.01. The van der Waals surface area contributed by atoms with Gasteiger partial charge in [0.05, 0.1) is 5.02 Å². The van der Waals surface area contributed by atoms with Crippen molar-refractivity contribution >= 4 is 29.1 Å². The number of fused-ring (bicyclic) bond motifs is 1. The van der Waals surface area contributed by atoms with Crippen LogP contribution in [0.4, 0.5) is 21.8 Å². The fourth-order valence-corrected chi connectivity index (χ4v) is 2.85. The standard InChI is InChI=1S/C19H16ClFN4O2/c1-11-6-18(24-13-3-4-15(21)14(20)8-13)25-19(23-11)22-9-12-2-5-16-17(7-12)27-10-26-16/h2-8H,9-10H2,1H3,(H2,22,23,24,25). The van der Waals surface area contributed by atoms with Gasteiger partial charge in [-0.2, -0.15) is 4.98 Å². The highest BCUT2D eigenvalue weighted by Crippen LogP contribution is 2.32. The number of hydrogen-bond acceptors (Lipinski definition) is 6. The van der Waals surface area contributed by atoms with E-state index >= 15 is 0 Å². The van der Waals surface area contributed by atoms with E-state index in [0.29, 0.717) is 24.0 Å². The van der Waals surface area contributed by atoms with Gasteiger partial charge in [-0.15, -0.1) is 0 Å². The van der Waals surface area contributed by atoms with E-state index in [9.17, 15) is 4.39 Å². The van der Waals surface area contributed by atoms with Crippen LogP contribution in [-0.2, 0) is 6.54 Å². The Kier molecular flexibility index (Phi) is 4.68. The third-order valence-electron chi connectivity index (χ3n) is 3.93. The van der Waals surface area contributed by atoms with Crippen molar-refractivity contribution in [2.45, 2.75) is 13.5 Å². The minimum atomic E-state index is -0.466. The van der Waals surface area contributed by atoms with Crippen molar-refractivity contribution in [3.05, 3.63) is 64.6 Å². The molecule has 2 N–H and O–H groups in total. The average Bonchev–Trinajstić information content (AvgIpc) is 3.10. The van der Waals surface area contributed by atoms with Crippen molar-refractivity contribution < 1.29 is 13.9 Å². The zero-order chi connectivity index (χ0) is 18.8. The molecule has 8 heteroatoms. The summed E-state index contributed by atoms with van der Waals surface area (Å²) in [6.07, 6.45) is 0. The quantitative estimate of drug-likeness (QED) is 0.664. The number of nitrogens with one attached hydrogen (secondary N) is 2. The predicted octanol–water partition coefficient (Wildman–Crippen LogP) is 4.66. The maximum Gasteiger partial charge on any atom is 0.231 e. The third kappa shape index (κ3) is 4.03. The van der Waals surface area contributed by atoms with Crippen molar-refractivity contribution in [1.82, 2.24) is 9.97 Å². The summed E-state index contributed by atoms with van der Waals surface area (Å²) in [4.78, 5) is 8.83. The normalized spacial score (nSPS) is 12.1. The van der Waals surface area contributed by atoms with Gasteiger partial charge in [0.2, 0.25) is 12.7 Å². The molecule has 1 aliphatic heterocycles. The molecule has 1 aromatic heterocycles. The summed E-state index contributed by atoms with van der Waals surface area (Å²) in [7, 11) is 0. The molecule has 0 atom stereocenters. The summed E-state index contributed by atoms with van der Waals surface area (Å²) in [6.45, 7) is 2.65. The van der Waals surface area contributed by atoms with Crippen molar-refractivity contribution in [3.63, 3.8) is 0 Å². The second kappa shape index (κ2) is 7.28. The van der Waals surface area contributed by atoms with Crippen LogP contribution < -0.4 is 20.1 Å². The molecule has 0 bridgehead atoms. The molecule has 2 heterocycles. The van der Waals surface area contributed by atoms with Crippen LogP contribution in [-0.4, -0.2) is 16.8 Å². The van der Waals surface area contributed by atoms with E-state index in [1.54, 1.807) is 12.1 Å². The summed E-state index contributed by atoms with van der Waals surface area (Å²) < 4.78 is 24.0. The summed E-state index contributed by atoms with van der Waals surface area (Å²) in [5.41, 5.74) is 2.44. The summed E-state index contributed by atoms with van der Waals surface area (Å²) >= 11 is 5.82. The van der Waals surface area contributed by atoms with E-state index in [0.717, 1.165) is 22.8 Å². The van der Waals surface area contributed by atoms with Gasteiger partial charge >= 0.3 is 0 Å². The van der Waals surface area contributed by atoms with Gasteiger partial charge in [0, 0.05) is 24.0 Å². The van der Waals surface area contributed by atoms with E-state index in [1.165, 1.54) is 12.1 Å². The monoisotopic (exact) mass is 386 g/mol. The van der Waals surface area contributed by atoms with E-state index in [4.69, 9.17) is 21.1 Å². The first-order valence-electron chi connectivity index (χ1n) is 8.27. The van der Waals surface area contributed by atoms with Crippen LogP contribution in [0.3, 0.4) is 0 Å². The highest BCUT2D eigenvalue weighted by molar-refractivity contribution is 6.31. The smallest absolute Gasteiger partial charge is 0.231 e. The average molecular weight is 387 g/mol. The fraction of sp³-hybridized carbons (Fsp3) is 0.158. The van der Waals surface area contributed by atoms with Gasteiger partial charge < -0.3 is 20.1 Å². The molecule has 6 nitrogen and oxygen atoms in total. The van der Waals surface area contributed by atoms with E-state index in [2.05, 4.69) is 20.6 Å². The molecular formula is C19H16ClFN4O2. The van der Waals surface area contributed by atoms with Crippen LogP contribution in [0.1, 0.15) is 11.3 Å². The molecule has 0 radical (unpaired) electrons. The minimum Gasteiger partial charge on any atom is -0.454 e. The molecule has 0 saturated heterocycles. The largest absolute Gasteiger partial charge is 0.454 e. The Bertz CT molecular complexity index is 999. The summed E-state index contributed by atoms with van der Waals surface area (Å²) in [5.74, 6) is 2.07. The lowest BCUT2D eigenvalue weighted by Gasteiger charge is -2.11. The first kappa shape index (κ1) is 17.4. The van der Waals surface area contributed by atoms with Crippen LogP contribution in [0.15, 0.2) is 42.5 Å². The van der Waals surface area contributed by atoms with Gasteiger partial charge in [-0.3, -0.25) is 0 Å². The van der Waals surface area contributed by atoms with Gasteiger partial charge in [-0.1, -0.05) is 17.7 Å². The van der Waals surface area contributed by atoms with Gasteiger partial charge in [0.25, 0.3) is 0 Å². The lowest BCUT2D eigenvalue weighted by Crippen LogP contribution is -2.06. The van der Waals surface area contributed by atoms with Crippen LogP contribution in [0.5, 0.6) is 11.5 Å². The molecule has 1 aliphatic rings. The Balaban J connectivity index is 1.47. The summed E-state index contributed by atoms with van der Waals surface area (Å²) in [6, 6.07) is 12.0. The molecule has 3 aromatic rings. The SMILES string of the molecule is Cc1cc(Nc2ccc(F)c(Cl)c2)nc(NCc2ccc3c(c2)OCO3)n1. The van der Waals surface area contributed by atoms with Gasteiger partial charge in [0.15, 0.2) is 11.5 Å². The lowest BCUT2D eigenvalue weighted by molar-refractivity contribution is 0.174. The maximum absolute atomic E-state index is 13.3. The molecule has 0 amide bonds. The molecule has 0 saturated carbocycles. The fourth-order valence-electron chi connectivity index (χ4n) is 2.67. The van der Waals surface area contributed by atoms with Crippen LogP contribution in [0, 0.1) is 12.7 Å². The van der Waals surface area contributed by atoms with E-state index in [1.807, 2.05) is 25.1 Å². The zero-order valence-corrected chi connectivity index (χ0v) is 15.2. The lowest BCUT2D eigenvalue weighted by atomic mass is 10.2. The van der Waals surface area contributed by atoms with Gasteiger partial charge in [-0.25, -0.2) is 9.37 Å². The van der Waals surface area contributed by atoms with Crippen molar-refractivity contribution in [1.29, 1.82) is 0 Å². The summed E-state index contributed by atoms with van der Waals surface area (Å²) in [5, 5.41) is 6.35. The van der Waals surface area contributed by atoms with Gasteiger partial charge in [-0.05, 0) is 42.8 Å².